The van der Waals surface area contributed by atoms with Crippen LogP contribution < -0.4 is 5.32 Å². The van der Waals surface area contributed by atoms with E-state index in [1.807, 2.05) is 32.0 Å². The zero-order valence-electron chi connectivity index (χ0n) is 15.6. The minimum absolute atomic E-state index is 0.0129. The van der Waals surface area contributed by atoms with Crippen LogP contribution >= 0.6 is 0 Å². The Balaban J connectivity index is 1.78. The maximum atomic E-state index is 13.7. The van der Waals surface area contributed by atoms with Crippen molar-refractivity contribution in [1.29, 1.82) is 0 Å². The van der Waals surface area contributed by atoms with Crippen molar-refractivity contribution in [2.24, 2.45) is 11.8 Å². The first-order valence-corrected chi connectivity index (χ1v) is 9.16. The predicted octanol–water partition coefficient (Wildman–Crippen LogP) is 2.74. The van der Waals surface area contributed by atoms with Gasteiger partial charge in [-0.1, -0.05) is 32.0 Å². The van der Waals surface area contributed by atoms with Gasteiger partial charge < -0.3 is 10.2 Å². The average molecular weight is 369 g/mol. The molecule has 0 spiro atoms. The van der Waals surface area contributed by atoms with Gasteiger partial charge in [-0.2, -0.15) is 0 Å². The van der Waals surface area contributed by atoms with E-state index >= 15 is 0 Å². The molecule has 2 atom stereocenters. The molecule has 2 heterocycles. The van der Waals surface area contributed by atoms with Crippen LogP contribution in [-0.2, 0) is 16.1 Å². The van der Waals surface area contributed by atoms with Crippen molar-refractivity contribution >= 4 is 11.8 Å². The third kappa shape index (κ3) is 4.51. The summed E-state index contributed by atoms with van der Waals surface area (Å²) in [5, 5.41) is 2.93. The number of carbonyl (C=O) groups is 2. The summed E-state index contributed by atoms with van der Waals surface area (Å²) < 4.78 is 13.7. The molecular weight excluding hydrogens is 345 g/mol. The molecule has 1 aliphatic rings. The minimum Gasteiger partial charge on any atom is -0.352 e. The molecule has 5 nitrogen and oxygen atoms in total. The quantitative estimate of drug-likeness (QED) is 0.882. The maximum Gasteiger partial charge on any atom is 0.225 e. The van der Waals surface area contributed by atoms with Crippen LogP contribution in [0.2, 0.25) is 0 Å². The number of aromatic nitrogens is 1. The Bertz CT molecular complexity index is 810. The van der Waals surface area contributed by atoms with E-state index in [0.717, 1.165) is 11.1 Å². The summed E-state index contributed by atoms with van der Waals surface area (Å²) in [4.78, 5) is 31.1. The summed E-state index contributed by atoms with van der Waals surface area (Å²) in [5.74, 6) is -1.24. The van der Waals surface area contributed by atoms with Crippen LogP contribution in [0.5, 0.6) is 0 Å². The van der Waals surface area contributed by atoms with Crippen LogP contribution in [0.3, 0.4) is 0 Å². The first kappa shape index (κ1) is 19.0. The molecule has 0 aliphatic carbocycles. The van der Waals surface area contributed by atoms with E-state index in [-0.39, 0.29) is 29.5 Å². The molecule has 1 aromatic carbocycles. The molecule has 3 rings (SSSR count). The highest BCUT2D eigenvalue weighted by Gasteiger charge is 2.40. The van der Waals surface area contributed by atoms with Crippen molar-refractivity contribution in [2.45, 2.75) is 26.3 Å². The van der Waals surface area contributed by atoms with Gasteiger partial charge in [0.1, 0.15) is 5.82 Å². The SMILES string of the molecule is CC(C)C(=O)N1C[C@H](c2cccc(F)c2)[C@H](C(=O)NCc2cccnc2)C1. The molecule has 2 aromatic rings. The molecule has 1 aromatic heterocycles. The molecule has 0 bridgehead atoms. The van der Waals surface area contributed by atoms with Crippen LogP contribution in [0.1, 0.15) is 30.9 Å². The number of benzene rings is 1. The maximum absolute atomic E-state index is 13.7. The zero-order chi connectivity index (χ0) is 19.4. The second-order valence-corrected chi connectivity index (χ2v) is 7.24. The molecule has 2 amide bonds. The second kappa shape index (κ2) is 8.29. The molecule has 1 aliphatic heterocycles. The van der Waals surface area contributed by atoms with E-state index in [4.69, 9.17) is 0 Å². The van der Waals surface area contributed by atoms with Gasteiger partial charge in [-0.15, -0.1) is 0 Å². The Labute approximate surface area is 158 Å². The molecule has 0 saturated carbocycles. The summed E-state index contributed by atoms with van der Waals surface area (Å²) in [6.07, 6.45) is 3.38. The van der Waals surface area contributed by atoms with Crippen molar-refractivity contribution in [3.63, 3.8) is 0 Å². The Kier molecular flexibility index (Phi) is 5.84. The van der Waals surface area contributed by atoms with Crippen molar-refractivity contribution in [3.05, 3.63) is 65.7 Å². The van der Waals surface area contributed by atoms with Gasteiger partial charge in [0.05, 0.1) is 5.92 Å². The predicted molar refractivity (Wildman–Crippen MR) is 100 cm³/mol. The summed E-state index contributed by atoms with van der Waals surface area (Å²) in [6.45, 7) is 4.82. The number of nitrogens with zero attached hydrogens (tertiary/aromatic N) is 2. The highest BCUT2D eigenvalue weighted by molar-refractivity contribution is 5.84. The van der Waals surface area contributed by atoms with Gasteiger partial charge in [0.15, 0.2) is 0 Å². The fourth-order valence-corrected chi connectivity index (χ4v) is 3.51. The smallest absolute Gasteiger partial charge is 0.225 e. The van der Waals surface area contributed by atoms with Crippen LogP contribution in [-0.4, -0.2) is 34.8 Å². The lowest BCUT2D eigenvalue weighted by molar-refractivity contribution is -0.133. The van der Waals surface area contributed by atoms with E-state index in [0.29, 0.717) is 19.6 Å². The van der Waals surface area contributed by atoms with Gasteiger partial charge in [-0.25, -0.2) is 4.39 Å². The van der Waals surface area contributed by atoms with Crippen molar-refractivity contribution in [2.75, 3.05) is 13.1 Å². The average Bonchev–Trinajstić information content (AvgIpc) is 3.11. The van der Waals surface area contributed by atoms with E-state index in [1.54, 1.807) is 23.4 Å². The van der Waals surface area contributed by atoms with E-state index in [2.05, 4.69) is 10.3 Å². The largest absolute Gasteiger partial charge is 0.352 e. The Hall–Kier alpha value is -2.76. The number of hydrogen-bond acceptors (Lipinski definition) is 3. The van der Waals surface area contributed by atoms with E-state index in [1.165, 1.54) is 12.1 Å². The van der Waals surface area contributed by atoms with E-state index < -0.39 is 5.92 Å². The number of carbonyl (C=O) groups excluding carboxylic acids is 2. The lowest BCUT2D eigenvalue weighted by Crippen LogP contribution is -2.36. The van der Waals surface area contributed by atoms with Crippen LogP contribution in [0.4, 0.5) is 4.39 Å². The first-order valence-electron chi connectivity index (χ1n) is 9.16. The number of rotatable bonds is 5. The van der Waals surface area contributed by atoms with Crippen molar-refractivity contribution in [3.8, 4) is 0 Å². The lowest BCUT2D eigenvalue weighted by Gasteiger charge is -2.18. The normalized spacial score (nSPS) is 19.3. The lowest BCUT2D eigenvalue weighted by atomic mass is 9.88. The topological polar surface area (TPSA) is 62.3 Å². The molecular formula is C21H24FN3O2. The molecule has 6 heteroatoms. The number of amides is 2. The molecule has 1 fully saturated rings. The van der Waals surface area contributed by atoms with Crippen LogP contribution in [0.25, 0.3) is 0 Å². The monoisotopic (exact) mass is 369 g/mol. The highest BCUT2D eigenvalue weighted by Crippen LogP contribution is 2.34. The van der Waals surface area contributed by atoms with Crippen molar-refractivity contribution in [1.82, 2.24) is 15.2 Å². The minimum atomic E-state index is -0.411. The summed E-state index contributed by atoms with van der Waals surface area (Å²) in [6, 6.07) is 10.00. The third-order valence-electron chi connectivity index (χ3n) is 4.93. The van der Waals surface area contributed by atoms with Gasteiger partial charge in [-0.3, -0.25) is 14.6 Å². The summed E-state index contributed by atoms with van der Waals surface area (Å²) >= 11 is 0. The molecule has 27 heavy (non-hydrogen) atoms. The van der Waals surface area contributed by atoms with E-state index in [9.17, 15) is 14.0 Å². The number of nitrogens with one attached hydrogen (secondary N) is 1. The number of hydrogen-bond donors (Lipinski definition) is 1. The molecule has 1 N–H and O–H groups in total. The van der Waals surface area contributed by atoms with Crippen LogP contribution in [0.15, 0.2) is 48.8 Å². The first-order chi connectivity index (χ1) is 13.0. The molecule has 0 unspecified atom stereocenters. The molecule has 0 radical (unpaired) electrons. The highest BCUT2D eigenvalue weighted by atomic mass is 19.1. The summed E-state index contributed by atoms with van der Waals surface area (Å²) in [5.41, 5.74) is 1.65. The Morgan fingerprint density at radius 1 is 1.26 bits per heavy atom. The fourth-order valence-electron chi connectivity index (χ4n) is 3.51. The Morgan fingerprint density at radius 2 is 2.07 bits per heavy atom. The fraction of sp³-hybridized carbons (Fsp3) is 0.381. The van der Waals surface area contributed by atoms with Gasteiger partial charge in [0, 0.05) is 43.9 Å². The van der Waals surface area contributed by atoms with Gasteiger partial charge in [-0.05, 0) is 29.3 Å². The third-order valence-corrected chi connectivity index (χ3v) is 4.93. The van der Waals surface area contributed by atoms with Gasteiger partial charge in [0.25, 0.3) is 0 Å². The number of pyridine rings is 1. The van der Waals surface area contributed by atoms with Crippen LogP contribution in [0, 0.1) is 17.7 Å². The second-order valence-electron chi connectivity index (χ2n) is 7.24. The Morgan fingerprint density at radius 3 is 2.74 bits per heavy atom. The standard InChI is InChI=1S/C21H24FN3O2/c1-14(2)21(27)25-12-18(16-6-3-7-17(22)9-16)19(13-25)20(26)24-11-15-5-4-8-23-10-15/h3-10,14,18-19H,11-13H2,1-2H3,(H,24,26)/t18-,19-/m1/s1. The molecule has 1 saturated heterocycles. The van der Waals surface area contributed by atoms with Crippen molar-refractivity contribution < 1.29 is 14.0 Å². The van der Waals surface area contributed by atoms with Gasteiger partial charge >= 0.3 is 0 Å². The zero-order valence-corrected chi connectivity index (χ0v) is 15.6. The summed E-state index contributed by atoms with van der Waals surface area (Å²) in [7, 11) is 0. The number of halogens is 1. The number of likely N-dealkylation sites (tertiary alicyclic amines) is 1. The molecule has 142 valence electrons. The van der Waals surface area contributed by atoms with Gasteiger partial charge in [0.2, 0.25) is 11.8 Å².